The molecule has 0 fully saturated rings. The summed E-state index contributed by atoms with van der Waals surface area (Å²) in [7, 11) is 1.61. The fourth-order valence-electron chi connectivity index (χ4n) is 1.91. The van der Waals surface area contributed by atoms with Crippen LogP contribution in [0.3, 0.4) is 0 Å². The van der Waals surface area contributed by atoms with Gasteiger partial charge < -0.3 is 15.2 Å². The minimum atomic E-state index is 0.199. The number of thiocarbonyl (C=S) groups is 1. The fraction of sp³-hybridized carbons (Fsp3) is 0.200. The lowest BCUT2D eigenvalue weighted by molar-refractivity contribution is 0.299. The topological polar surface area (TPSA) is 57.4 Å². The molecule has 6 heteroatoms. The quantitative estimate of drug-likeness (QED) is 0.856. The summed E-state index contributed by atoms with van der Waals surface area (Å²) in [6.07, 6.45) is 0. The SMILES string of the molecule is COc1cc(C)nc(COc2cccc(Cl)c2C(N)=S)c1. The third kappa shape index (κ3) is 3.83. The number of nitrogens with two attached hydrogens (primary N) is 1. The van der Waals surface area contributed by atoms with E-state index in [1.54, 1.807) is 25.3 Å². The van der Waals surface area contributed by atoms with Crippen molar-refractivity contribution in [3.8, 4) is 11.5 Å². The molecule has 2 N–H and O–H groups in total. The highest BCUT2D eigenvalue weighted by atomic mass is 35.5. The Kier molecular flexibility index (Phi) is 4.98. The van der Waals surface area contributed by atoms with Crippen molar-refractivity contribution in [2.75, 3.05) is 7.11 Å². The average molecular weight is 323 g/mol. The van der Waals surface area contributed by atoms with Gasteiger partial charge in [-0.15, -0.1) is 0 Å². The first kappa shape index (κ1) is 15.5. The molecular formula is C15H15ClN2O2S. The van der Waals surface area contributed by atoms with Crippen molar-refractivity contribution in [1.82, 2.24) is 4.98 Å². The number of benzene rings is 1. The predicted octanol–water partition coefficient (Wildman–Crippen LogP) is 3.27. The van der Waals surface area contributed by atoms with E-state index >= 15 is 0 Å². The molecule has 0 radical (unpaired) electrons. The van der Waals surface area contributed by atoms with Crippen molar-refractivity contribution in [3.63, 3.8) is 0 Å². The Labute approximate surface area is 133 Å². The van der Waals surface area contributed by atoms with Gasteiger partial charge in [-0.25, -0.2) is 0 Å². The molecule has 0 saturated carbocycles. The highest BCUT2D eigenvalue weighted by Gasteiger charge is 2.11. The van der Waals surface area contributed by atoms with Crippen LogP contribution < -0.4 is 15.2 Å². The van der Waals surface area contributed by atoms with Crippen LogP contribution in [0.15, 0.2) is 30.3 Å². The second-order valence-corrected chi connectivity index (χ2v) is 5.25. The molecular weight excluding hydrogens is 308 g/mol. The van der Waals surface area contributed by atoms with Crippen molar-refractivity contribution in [3.05, 3.63) is 52.3 Å². The maximum Gasteiger partial charge on any atom is 0.131 e. The Hall–Kier alpha value is -1.85. The molecule has 0 bridgehead atoms. The van der Waals surface area contributed by atoms with E-state index in [-0.39, 0.29) is 11.6 Å². The monoisotopic (exact) mass is 322 g/mol. The van der Waals surface area contributed by atoms with E-state index in [0.717, 1.165) is 17.1 Å². The highest BCUT2D eigenvalue weighted by molar-refractivity contribution is 7.80. The Balaban J connectivity index is 2.23. The molecule has 21 heavy (non-hydrogen) atoms. The third-order valence-corrected chi connectivity index (χ3v) is 3.33. The molecule has 0 aliphatic carbocycles. The molecule has 0 amide bonds. The van der Waals surface area contributed by atoms with Gasteiger partial charge in [-0.1, -0.05) is 29.9 Å². The lowest BCUT2D eigenvalue weighted by Gasteiger charge is -2.12. The maximum atomic E-state index is 6.10. The summed E-state index contributed by atoms with van der Waals surface area (Å²) in [4.78, 5) is 4.59. The molecule has 2 rings (SSSR count). The standard InChI is InChI=1S/C15H15ClN2O2S/c1-9-6-11(19-2)7-10(18-9)8-20-13-5-3-4-12(16)14(13)15(17)21/h3-7H,8H2,1-2H3,(H2,17,21). The van der Waals surface area contributed by atoms with Crippen LogP contribution in [0.5, 0.6) is 11.5 Å². The number of hydrogen-bond acceptors (Lipinski definition) is 4. The second kappa shape index (κ2) is 6.74. The van der Waals surface area contributed by atoms with Gasteiger partial charge in [-0.2, -0.15) is 0 Å². The molecule has 0 unspecified atom stereocenters. The van der Waals surface area contributed by atoms with Crippen molar-refractivity contribution in [1.29, 1.82) is 0 Å². The fourth-order valence-corrected chi connectivity index (χ4v) is 2.44. The molecule has 4 nitrogen and oxygen atoms in total. The van der Waals surface area contributed by atoms with E-state index in [1.165, 1.54) is 0 Å². The van der Waals surface area contributed by atoms with Gasteiger partial charge in [-0.05, 0) is 19.1 Å². The largest absolute Gasteiger partial charge is 0.497 e. The van der Waals surface area contributed by atoms with E-state index in [1.807, 2.05) is 19.1 Å². The van der Waals surface area contributed by atoms with Gasteiger partial charge >= 0.3 is 0 Å². The van der Waals surface area contributed by atoms with E-state index in [9.17, 15) is 0 Å². The molecule has 0 aliphatic rings. The van der Waals surface area contributed by atoms with Crippen molar-refractivity contribution < 1.29 is 9.47 Å². The van der Waals surface area contributed by atoms with Crippen LogP contribution in [-0.2, 0) is 6.61 Å². The van der Waals surface area contributed by atoms with Gasteiger partial charge in [0.25, 0.3) is 0 Å². The number of nitrogens with zero attached hydrogens (tertiary/aromatic N) is 1. The number of methoxy groups -OCH3 is 1. The van der Waals surface area contributed by atoms with Crippen LogP contribution in [0.25, 0.3) is 0 Å². The van der Waals surface area contributed by atoms with Crippen LogP contribution in [0, 0.1) is 6.92 Å². The van der Waals surface area contributed by atoms with Crippen LogP contribution in [0.2, 0.25) is 5.02 Å². The number of halogens is 1. The lowest BCUT2D eigenvalue weighted by atomic mass is 10.2. The van der Waals surface area contributed by atoms with Gasteiger partial charge in [0.05, 0.1) is 23.4 Å². The number of aromatic nitrogens is 1. The summed E-state index contributed by atoms with van der Waals surface area (Å²) in [5, 5.41) is 0.467. The van der Waals surface area contributed by atoms with E-state index in [4.69, 9.17) is 39.0 Å². The zero-order valence-electron chi connectivity index (χ0n) is 11.7. The second-order valence-electron chi connectivity index (χ2n) is 4.41. The zero-order valence-corrected chi connectivity index (χ0v) is 13.3. The van der Waals surface area contributed by atoms with Gasteiger partial charge in [0, 0.05) is 17.8 Å². The average Bonchev–Trinajstić information content (AvgIpc) is 2.44. The predicted molar refractivity (Wildman–Crippen MR) is 87.2 cm³/mol. The van der Waals surface area contributed by atoms with Gasteiger partial charge in [0.15, 0.2) is 0 Å². The summed E-state index contributed by atoms with van der Waals surface area (Å²) >= 11 is 11.1. The summed E-state index contributed by atoms with van der Waals surface area (Å²) in [6, 6.07) is 8.94. The molecule has 0 spiro atoms. The van der Waals surface area contributed by atoms with E-state index in [0.29, 0.717) is 16.3 Å². The number of pyridine rings is 1. The molecule has 0 saturated heterocycles. The van der Waals surface area contributed by atoms with Gasteiger partial charge in [0.1, 0.15) is 23.1 Å². The van der Waals surface area contributed by atoms with Crippen LogP contribution in [-0.4, -0.2) is 17.1 Å². The summed E-state index contributed by atoms with van der Waals surface area (Å²) in [5.74, 6) is 1.28. The van der Waals surface area contributed by atoms with E-state index in [2.05, 4.69) is 4.98 Å². The molecule has 110 valence electrons. The maximum absolute atomic E-state index is 6.10. The zero-order chi connectivity index (χ0) is 15.4. The van der Waals surface area contributed by atoms with Crippen LogP contribution in [0.1, 0.15) is 17.0 Å². The Morgan fingerprint density at radius 3 is 2.81 bits per heavy atom. The first-order chi connectivity index (χ1) is 10.0. The van der Waals surface area contributed by atoms with E-state index < -0.39 is 0 Å². The molecule has 2 aromatic rings. The highest BCUT2D eigenvalue weighted by Crippen LogP contribution is 2.27. The normalized spacial score (nSPS) is 10.2. The van der Waals surface area contributed by atoms with Crippen molar-refractivity contribution >= 4 is 28.8 Å². The summed E-state index contributed by atoms with van der Waals surface area (Å²) < 4.78 is 11.0. The Morgan fingerprint density at radius 2 is 2.14 bits per heavy atom. The number of hydrogen-bond donors (Lipinski definition) is 1. The summed E-state index contributed by atoms with van der Waals surface area (Å²) in [5.41, 5.74) is 7.83. The summed E-state index contributed by atoms with van der Waals surface area (Å²) in [6.45, 7) is 2.17. The third-order valence-electron chi connectivity index (χ3n) is 2.81. The smallest absolute Gasteiger partial charge is 0.131 e. The molecule has 1 aromatic heterocycles. The first-order valence-electron chi connectivity index (χ1n) is 6.24. The first-order valence-corrected chi connectivity index (χ1v) is 7.02. The minimum absolute atomic E-state index is 0.199. The minimum Gasteiger partial charge on any atom is -0.497 e. The van der Waals surface area contributed by atoms with Gasteiger partial charge in [-0.3, -0.25) is 4.98 Å². The van der Waals surface area contributed by atoms with Crippen molar-refractivity contribution in [2.45, 2.75) is 13.5 Å². The number of rotatable bonds is 5. The van der Waals surface area contributed by atoms with Crippen LogP contribution in [0.4, 0.5) is 0 Å². The molecule has 0 aliphatic heterocycles. The molecule has 1 heterocycles. The molecule has 0 atom stereocenters. The number of aryl methyl sites for hydroxylation is 1. The van der Waals surface area contributed by atoms with Gasteiger partial charge in [0.2, 0.25) is 0 Å². The molecule has 1 aromatic carbocycles. The lowest BCUT2D eigenvalue weighted by Crippen LogP contribution is -2.12. The Morgan fingerprint density at radius 1 is 1.38 bits per heavy atom. The number of ether oxygens (including phenoxy) is 2. The Bertz CT molecular complexity index is 677. The van der Waals surface area contributed by atoms with Crippen molar-refractivity contribution in [2.24, 2.45) is 5.73 Å². The van der Waals surface area contributed by atoms with Crippen LogP contribution >= 0.6 is 23.8 Å².